The molecule has 2 heterocycles. The fourth-order valence-corrected chi connectivity index (χ4v) is 3.21. The minimum absolute atomic E-state index is 0.0466. The number of anilines is 1. The van der Waals surface area contributed by atoms with Gasteiger partial charge in [-0.2, -0.15) is 5.10 Å². The average Bonchev–Trinajstić information content (AvgIpc) is 3.06. The van der Waals surface area contributed by atoms with Gasteiger partial charge < -0.3 is 20.1 Å². The summed E-state index contributed by atoms with van der Waals surface area (Å²) in [5.41, 5.74) is 1.04. The first-order valence-electron chi connectivity index (χ1n) is 9.10. The van der Waals surface area contributed by atoms with Crippen LogP contribution in [-0.4, -0.2) is 41.9 Å². The summed E-state index contributed by atoms with van der Waals surface area (Å²) in [5, 5.41) is 13.5. The molecule has 1 aromatic heterocycles. The van der Waals surface area contributed by atoms with Crippen LogP contribution in [0.1, 0.15) is 42.1 Å². The van der Waals surface area contributed by atoms with Crippen LogP contribution in [0.25, 0.3) is 0 Å². The number of methoxy groups -OCH3 is 2. The minimum Gasteiger partial charge on any atom is -0.493 e. The fraction of sp³-hybridized carbons (Fsp3) is 0.421. The molecule has 2 aromatic rings. The molecule has 9 heteroatoms. The van der Waals surface area contributed by atoms with E-state index in [0.717, 1.165) is 6.42 Å². The number of amides is 2. The summed E-state index contributed by atoms with van der Waals surface area (Å²) in [5.74, 6) is 0.843. The van der Waals surface area contributed by atoms with Gasteiger partial charge in [-0.15, -0.1) is 0 Å². The molecule has 28 heavy (non-hydrogen) atoms. The number of nitrogens with one attached hydrogen (secondary N) is 3. The SMILES string of the molecule is CCC1CC(=O)NC(n2nc(C)cc2NC(=O)c2cccc(OC)c2OC)N1. The van der Waals surface area contributed by atoms with Crippen LogP contribution in [0, 0.1) is 6.92 Å². The molecule has 1 aromatic carbocycles. The molecule has 0 radical (unpaired) electrons. The van der Waals surface area contributed by atoms with Gasteiger partial charge in [-0.3, -0.25) is 14.9 Å². The van der Waals surface area contributed by atoms with Crippen LogP contribution in [0.2, 0.25) is 0 Å². The number of hydrogen-bond donors (Lipinski definition) is 3. The molecule has 1 saturated heterocycles. The Labute approximate surface area is 163 Å². The van der Waals surface area contributed by atoms with Crippen LogP contribution in [0.3, 0.4) is 0 Å². The Kier molecular flexibility index (Phi) is 5.84. The number of hydrogen-bond acceptors (Lipinski definition) is 6. The van der Waals surface area contributed by atoms with E-state index in [1.54, 1.807) is 28.9 Å². The van der Waals surface area contributed by atoms with Crippen molar-refractivity contribution < 1.29 is 19.1 Å². The van der Waals surface area contributed by atoms with Gasteiger partial charge in [-0.1, -0.05) is 13.0 Å². The van der Waals surface area contributed by atoms with E-state index in [4.69, 9.17) is 9.47 Å². The van der Waals surface area contributed by atoms with Gasteiger partial charge in [0.1, 0.15) is 5.82 Å². The third kappa shape index (κ3) is 3.94. The highest BCUT2D eigenvalue weighted by Crippen LogP contribution is 2.31. The molecule has 150 valence electrons. The zero-order valence-corrected chi connectivity index (χ0v) is 16.4. The monoisotopic (exact) mass is 387 g/mol. The van der Waals surface area contributed by atoms with E-state index in [0.29, 0.717) is 35.0 Å². The van der Waals surface area contributed by atoms with E-state index in [1.807, 2.05) is 13.8 Å². The Hall–Kier alpha value is -3.07. The Morgan fingerprint density at radius 3 is 2.82 bits per heavy atom. The van der Waals surface area contributed by atoms with E-state index in [1.165, 1.54) is 14.2 Å². The lowest BCUT2D eigenvalue weighted by molar-refractivity contribution is -0.125. The molecule has 1 aliphatic rings. The smallest absolute Gasteiger partial charge is 0.260 e. The molecule has 2 atom stereocenters. The summed E-state index contributed by atoms with van der Waals surface area (Å²) in [6.45, 7) is 3.83. The van der Waals surface area contributed by atoms with Gasteiger partial charge in [0.2, 0.25) is 5.91 Å². The van der Waals surface area contributed by atoms with E-state index in [9.17, 15) is 9.59 Å². The molecule has 2 amide bonds. The average molecular weight is 387 g/mol. The summed E-state index contributed by atoms with van der Waals surface area (Å²) in [6, 6.07) is 6.88. The maximum atomic E-state index is 12.9. The second-order valence-corrected chi connectivity index (χ2v) is 6.56. The Morgan fingerprint density at radius 1 is 1.36 bits per heavy atom. The predicted molar refractivity (Wildman–Crippen MR) is 103 cm³/mol. The van der Waals surface area contributed by atoms with Crippen molar-refractivity contribution in [1.82, 2.24) is 20.4 Å². The number of ether oxygens (including phenoxy) is 2. The molecule has 1 aliphatic heterocycles. The third-order valence-corrected chi connectivity index (χ3v) is 4.61. The summed E-state index contributed by atoms with van der Waals surface area (Å²) >= 11 is 0. The van der Waals surface area contributed by atoms with Crippen LogP contribution in [-0.2, 0) is 4.79 Å². The molecule has 3 N–H and O–H groups in total. The summed E-state index contributed by atoms with van der Waals surface area (Å²) < 4.78 is 12.2. The minimum atomic E-state index is -0.539. The van der Waals surface area contributed by atoms with E-state index >= 15 is 0 Å². The quantitative estimate of drug-likeness (QED) is 0.698. The topological polar surface area (TPSA) is 107 Å². The van der Waals surface area contributed by atoms with Gasteiger partial charge in [0.25, 0.3) is 5.91 Å². The maximum Gasteiger partial charge on any atom is 0.260 e. The Balaban J connectivity index is 1.88. The molecule has 2 unspecified atom stereocenters. The maximum absolute atomic E-state index is 12.9. The van der Waals surface area contributed by atoms with Crippen molar-refractivity contribution in [2.75, 3.05) is 19.5 Å². The van der Waals surface area contributed by atoms with Crippen molar-refractivity contribution in [2.45, 2.75) is 39.0 Å². The summed E-state index contributed by atoms with van der Waals surface area (Å²) in [4.78, 5) is 24.9. The number of aryl methyl sites for hydroxylation is 1. The number of benzene rings is 1. The van der Waals surface area contributed by atoms with Crippen LogP contribution in [0.15, 0.2) is 24.3 Å². The molecule has 0 aliphatic carbocycles. The van der Waals surface area contributed by atoms with Crippen molar-refractivity contribution in [1.29, 1.82) is 0 Å². The first-order chi connectivity index (χ1) is 13.5. The second-order valence-electron chi connectivity index (χ2n) is 6.56. The first-order valence-corrected chi connectivity index (χ1v) is 9.10. The molecule has 0 bridgehead atoms. The van der Waals surface area contributed by atoms with E-state index in [-0.39, 0.29) is 17.9 Å². The van der Waals surface area contributed by atoms with Gasteiger partial charge in [-0.25, -0.2) is 4.68 Å². The second kappa shape index (κ2) is 8.30. The Bertz CT molecular complexity index is 879. The van der Waals surface area contributed by atoms with E-state index in [2.05, 4.69) is 21.0 Å². The predicted octanol–water partition coefficient (Wildman–Crippen LogP) is 1.81. The zero-order chi connectivity index (χ0) is 20.3. The van der Waals surface area contributed by atoms with E-state index < -0.39 is 6.29 Å². The highest BCUT2D eigenvalue weighted by atomic mass is 16.5. The highest BCUT2D eigenvalue weighted by molar-refractivity contribution is 6.06. The van der Waals surface area contributed by atoms with Gasteiger partial charge in [-0.05, 0) is 25.5 Å². The standard InChI is InChI=1S/C19H25N5O4/c1-5-12-10-16(25)22-19(20-12)24-15(9-11(2)23-24)21-18(26)13-7-6-8-14(27-3)17(13)28-4/h6-9,12,19-20H,5,10H2,1-4H3,(H,21,26)(H,22,25). The number of aromatic nitrogens is 2. The molecule has 3 rings (SSSR count). The highest BCUT2D eigenvalue weighted by Gasteiger charge is 2.28. The number of para-hydroxylation sites is 1. The van der Waals surface area contributed by atoms with Crippen LogP contribution in [0.5, 0.6) is 11.5 Å². The van der Waals surface area contributed by atoms with Crippen molar-refractivity contribution >= 4 is 17.6 Å². The number of carbonyl (C=O) groups excluding carboxylic acids is 2. The van der Waals surface area contributed by atoms with Gasteiger partial charge in [0.15, 0.2) is 17.8 Å². The van der Waals surface area contributed by atoms with Crippen LogP contribution >= 0.6 is 0 Å². The van der Waals surface area contributed by atoms with Gasteiger partial charge in [0.05, 0.1) is 25.5 Å². The first kappa shape index (κ1) is 19.7. The lowest BCUT2D eigenvalue weighted by Gasteiger charge is -2.31. The van der Waals surface area contributed by atoms with Crippen molar-refractivity contribution in [3.05, 3.63) is 35.5 Å². The summed E-state index contributed by atoms with van der Waals surface area (Å²) in [7, 11) is 2.99. The van der Waals surface area contributed by atoms with Gasteiger partial charge >= 0.3 is 0 Å². The molecule has 9 nitrogen and oxygen atoms in total. The van der Waals surface area contributed by atoms with Gasteiger partial charge in [0, 0.05) is 18.5 Å². The van der Waals surface area contributed by atoms with Crippen molar-refractivity contribution in [2.24, 2.45) is 0 Å². The third-order valence-electron chi connectivity index (χ3n) is 4.61. The number of rotatable bonds is 6. The Morgan fingerprint density at radius 2 is 2.14 bits per heavy atom. The largest absolute Gasteiger partial charge is 0.493 e. The summed E-state index contributed by atoms with van der Waals surface area (Å²) in [6.07, 6.45) is 0.686. The zero-order valence-electron chi connectivity index (χ0n) is 16.4. The number of carbonyl (C=O) groups is 2. The molecule has 0 saturated carbocycles. The molecule has 0 spiro atoms. The van der Waals surface area contributed by atoms with Crippen LogP contribution < -0.4 is 25.4 Å². The molecular formula is C19H25N5O4. The molecule has 1 fully saturated rings. The lowest BCUT2D eigenvalue weighted by atomic mass is 10.1. The van der Waals surface area contributed by atoms with Crippen LogP contribution in [0.4, 0.5) is 5.82 Å². The van der Waals surface area contributed by atoms with Crippen molar-refractivity contribution in [3.8, 4) is 11.5 Å². The fourth-order valence-electron chi connectivity index (χ4n) is 3.21. The van der Waals surface area contributed by atoms with Crippen molar-refractivity contribution in [3.63, 3.8) is 0 Å². The normalized spacial score (nSPS) is 19.1. The lowest BCUT2D eigenvalue weighted by Crippen LogP contribution is -2.53. The molecular weight excluding hydrogens is 362 g/mol. The number of nitrogens with zero attached hydrogens (tertiary/aromatic N) is 2.